The van der Waals surface area contributed by atoms with E-state index in [0.29, 0.717) is 6.29 Å². The maximum atomic E-state index is 10.5. The van der Waals surface area contributed by atoms with Crippen molar-refractivity contribution >= 4 is 12.2 Å². The monoisotopic (exact) mass is 196 g/mol. The molecule has 0 aliphatic carbocycles. The normalized spacial score (nSPS) is 8.47. The molecule has 1 N–H and O–H groups in total. The molecule has 0 bridgehead atoms. The smallest absolute Gasteiger partial charge is 0.150 e. The number of nitrogens with zero attached hydrogens (tertiary/aromatic N) is 3. The summed E-state index contributed by atoms with van der Waals surface area (Å²) in [6.07, 6.45) is 2.47. The van der Waals surface area contributed by atoms with E-state index in [1.165, 1.54) is 0 Å². The lowest BCUT2D eigenvalue weighted by atomic mass is 10.1. The molecule has 0 spiro atoms. The van der Waals surface area contributed by atoms with Gasteiger partial charge in [0.05, 0.1) is 0 Å². The van der Waals surface area contributed by atoms with Crippen LogP contribution >= 0.6 is 0 Å². The van der Waals surface area contributed by atoms with Crippen LogP contribution in [0.3, 0.4) is 0 Å². The van der Waals surface area contributed by atoms with Gasteiger partial charge in [-0.05, 0) is 18.0 Å². The highest BCUT2D eigenvalue weighted by Gasteiger charge is 1.98. The summed E-state index contributed by atoms with van der Waals surface area (Å²) in [5.41, 5.74) is -0.455. The van der Waals surface area contributed by atoms with Crippen LogP contribution in [0.4, 0.5) is 0 Å². The van der Waals surface area contributed by atoms with Crippen molar-refractivity contribution < 1.29 is 4.79 Å². The van der Waals surface area contributed by atoms with Crippen molar-refractivity contribution in [2.75, 3.05) is 0 Å². The minimum Gasteiger partial charge on any atom is -0.298 e. The molecule has 0 aromatic carbocycles. The van der Waals surface area contributed by atoms with Crippen molar-refractivity contribution in [3.05, 3.63) is 28.9 Å². The van der Waals surface area contributed by atoms with Gasteiger partial charge in [-0.2, -0.15) is 15.8 Å². The highest BCUT2D eigenvalue weighted by molar-refractivity contribution is 5.82. The van der Waals surface area contributed by atoms with E-state index in [4.69, 9.17) is 21.2 Å². The van der Waals surface area contributed by atoms with E-state index in [2.05, 4.69) is 0 Å². The summed E-state index contributed by atoms with van der Waals surface area (Å²) in [4.78, 5) is 10.5. The Morgan fingerprint density at radius 1 is 1.07 bits per heavy atom. The van der Waals surface area contributed by atoms with Crippen LogP contribution in [0.2, 0.25) is 0 Å². The Labute approximate surface area is 86.0 Å². The molecule has 0 aliphatic heterocycles. The highest BCUT2D eigenvalue weighted by atomic mass is 16.1. The molecule has 70 valence electrons. The predicted octanol–water partition coefficient (Wildman–Crippen LogP) is 0.784. The van der Waals surface area contributed by atoms with Crippen LogP contribution in [-0.4, -0.2) is 12.2 Å². The molecular weight excluding hydrogens is 192 g/mol. The van der Waals surface area contributed by atoms with Gasteiger partial charge in [0.15, 0.2) is 0 Å². The van der Waals surface area contributed by atoms with Gasteiger partial charge in [0, 0.05) is 5.57 Å². The third-order valence-electron chi connectivity index (χ3n) is 1.25. The Kier molecular flexibility index (Phi) is 5.29. The minimum absolute atomic E-state index is 0.0376. The maximum Gasteiger partial charge on any atom is 0.150 e. The molecule has 0 aliphatic rings. The number of nitriles is 3. The summed E-state index contributed by atoms with van der Waals surface area (Å²) in [5, 5.41) is 31.9. The van der Waals surface area contributed by atoms with Gasteiger partial charge >= 0.3 is 0 Å². The van der Waals surface area contributed by atoms with Crippen LogP contribution in [-0.2, 0) is 4.79 Å². The number of carbonyl (C=O) groups is 1. The first-order chi connectivity index (χ1) is 7.21. The van der Waals surface area contributed by atoms with E-state index < -0.39 is 0 Å². The fraction of sp³-hybridized carbons (Fsp3) is 0. The number of nitrogens with one attached hydrogen (secondary N) is 1. The van der Waals surface area contributed by atoms with Crippen molar-refractivity contribution in [3.8, 4) is 18.2 Å². The van der Waals surface area contributed by atoms with E-state index in [0.717, 1.165) is 12.2 Å². The van der Waals surface area contributed by atoms with Crippen LogP contribution in [0.15, 0.2) is 28.9 Å². The fourth-order valence-corrected chi connectivity index (χ4v) is 0.629. The van der Waals surface area contributed by atoms with Gasteiger partial charge in [0.1, 0.15) is 35.6 Å². The van der Waals surface area contributed by atoms with Crippen molar-refractivity contribution in [2.45, 2.75) is 0 Å². The summed E-state index contributed by atoms with van der Waals surface area (Å²) in [7, 11) is 0. The molecule has 0 aromatic rings. The molecule has 5 heteroatoms. The van der Waals surface area contributed by atoms with E-state index in [-0.39, 0.29) is 16.7 Å². The topological polar surface area (TPSA) is 112 Å². The first-order valence-electron chi connectivity index (χ1n) is 3.60. The molecule has 15 heavy (non-hydrogen) atoms. The second kappa shape index (κ2) is 6.57. The Hall–Kier alpha value is -2.93. The van der Waals surface area contributed by atoms with Crippen LogP contribution in [0.1, 0.15) is 0 Å². The number of aldehydes is 1. The molecule has 0 rings (SSSR count). The standard InChI is InChI=1S/C10H4N4O/c11-3-9(4-12)1-8(7-15)2-10(5-13)6-14/h1-2,7,11H. The third kappa shape index (κ3) is 4.01. The van der Waals surface area contributed by atoms with Crippen LogP contribution in [0, 0.1) is 39.4 Å². The van der Waals surface area contributed by atoms with E-state index >= 15 is 0 Å². The zero-order valence-electron chi connectivity index (χ0n) is 7.48. The third-order valence-corrected chi connectivity index (χ3v) is 1.25. The van der Waals surface area contributed by atoms with E-state index in [9.17, 15) is 4.79 Å². The van der Waals surface area contributed by atoms with Gasteiger partial charge < -0.3 is 0 Å². The Morgan fingerprint density at radius 3 is 2.00 bits per heavy atom. The lowest BCUT2D eigenvalue weighted by molar-refractivity contribution is -0.104. The van der Waals surface area contributed by atoms with Gasteiger partial charge in [-0.15, -0.1) is 0 Å². The zero-order valence-corrected chi connectivity index (χ0v) is 7.48. The molecular formula is C10H4N4O. The molecule has 0 amide bonds. The average molecular weight is 196 g/mol. The maximum absolute atomic E-state index is 10.5. The summed E-state index contributed by atoms with van der Waals surface area (Å²) in [6, 6.07) is 4.75. The average Bonchev–Trinajstić information content (AvgIpc) is 2.30. The number of hydrogen-bond acceptors (Lipinski definition) is 5. The second-order valence-corrected chi connectivity index (χ2v) is 2.19. The quantitative estimate of drug-likeness (QED) is 0.236. The Morgan fingerprint density at radius 2 is 1.67 bits per heavy atom. The minimum atomic E-state index is -0.254. The SMILES string of the molecule is N#CC(=C=N)C=C(C=O)C=C(C#N)C#N. The first kappa shape index (κ1) is 12.1. The van der Waals surface area contributed by atoms with Crippen LogP contribution < -0.4 is 0 Å². The van der Waals surface area contributed by atoms with Gasteiger partial charge in [-0.3, -0.25) is 10.2 Å². The molecule has 0 fully saturated rings. The van der Waals surface area contributed by atoms with Crippen LogP contribution in [0.25, 0.3) is 0 Å². The van der Waals surface area contributed by atoms with E-state index in [1.54, 1.807) is 24.1 Å². The van der Waals surface area contributed by atoms with Gasteiger partial charge in [-0.1, -0.05) is 0 Å². The van der Waals surface area contributed by atoms with Crippen molar-refractivity contribution in [2.24, 2.45) is 0 Å². The second-order valence-electron chi connectivity index (χ2n) is 2.19. The first-order valence-corrected chi connectivity index (χ1v) is 3.60. The molecule has 0 aromatic heterocycles. The lowest BCUT2D eigenvalue weighted by Crippen LogP contribution is -1.84. The number of carbonyl (C=O) groups excluding carboxylic acids is 1. The molecule has 0 radical (unpaired) electrons. The Bertz CT molecular complexity index is 483. The molecule has 0 saturated heterocycles. The summed E-state index contributed by atoms with van der Waals surface area (Å²) < 4.78 is 0. The number of hydrogen-bond donors (Lipinski definition) is 1. The summed E-state index contributed by atoms with van der Waals surface area (Å²) in [5.74, 6) is 1.80. The molecule has 0 atom stereocenters. The molecule has 5 nitrogen and oxygen atoms in total. The summed E-state index contributed by atoms with van der Waals surface area (Å²) in [6.45, 7) is 0. The molecule has 0 heterocycles. The summed E-state index contributed by atoms with van der Waals surface area (Å²) >= 11 is 0. The molecule has 0 saturated carbocycles. The van der Waals surface area contributed by atoms with Crippen molar-refractivity contribution in [1.29, 1.82) is 21.2 Å². The van der Waals surface area contributed by atoms with Crippen LogP contribution in [0.5, 0.6) is 0 Å². The number of allylic oxidation sites excluding steroid dienone is 5. The zero-order chi connectivity index (χ0) is 11.7. The Balaban J connectivity index is 5.34. The highest BCUT2D eigenvalue weighted by Crippen LogP contribution is 2.02. The van der Waals surface area contributed by atoms with Crippen molar-refractivity contribution in [1.82, 2.24) is 0 Å². The van der Waals surface area contributed by atoms with Gasteiger partial charge in [-0.25, -0.2) is 0 Å². The predicted molar refractivity (Wildman–Crippen MR) is 50.3 cm³/mol. The largest absolute Gasteiger partial charge is 0.298 e. The van der Waals surface area contributed by atoms with Gasteiger partial charge in [0.25, 0.3) is 0 Å². The van der Waals surface area contributed by atoms with Gasteiger partial charge in [0.2, 0.25) is 0 Å². The fourth-order valence-electron chi connectivity index (χ4n) is 0.629. The lowest BCUT2D eigenvalue weighted by Gasteiger charge is -1.87. The van der Waals surface area contributed by atoms with E-state index in [1.807, 2.05) is 0 Å². The van der Waals surface area contributed by atoms with Crippen molar-refractivity contribution in [3.63, 3.8) is 0 Å². The number of rotatable bonds is 3. The molecule has 0 unspecified atom stereocenters.